The van der Waals surface area contributed by atoms with Gasteiger partial charge in [-0.2, -0.15) is 4.72 Å². The predicted octanol–water partition coefficient (Wildman–Crippen LogP) is 2.76. The predicted molar refractivity (Wildman–Crippen MR) is 91.1 cm³/mol. The van der Waals surface area contributed by atoms with Gasteiger partial charge in [0, 0.05) is 17.6 Å². The molecule has 1 rings (SSSR count). The van der Waals surface area contributed by atoms with Crippen molar-refractivity contribution in [3.8, 4) is 0 Å². The van der Waals surface area contributed by atoms with E-state index in [1.54, 1.807) is 24.0 Å². The van der Waals surface area contributed by atoms with Crippen molar-refractivity contribution in [1.29, 1.82) is 0 Å². The number of nitrogens with zero attached hydrogens (tertiary/aromatic N) is 1. The summed E-state index contributed by atoms with van der Waals surface area (Å²) in [5, 5.41) is 0. The van der Waals surface area contributed by atoms with E-state index in [1.165, 1.54) is 12.1 Å². The summed E-state index contributed by atoms with van der Waals surface area (Å²) >= 11 is 3.26. The molecule has 0 heterocycles. The highest BCUT2D eigenvalue weighted by atomic mass is 79.9. The average molecular weight is 391 g/mol. The molecule has 0 aliphatic rings. The van der Waals surface area contributed by atoms with Crippen LogP contribution in [0.2, 0.25) is 0 Å². The van der Waals surface area contributed by atoms with Gasteiger partial charge in [-0.15, -0.1) is 0 Å². The van der Waals surface area contributed by atoms with Crippen LogP contribution in [0.25, 0.3) is 0 Å². The summed E-state index contributed by atoms with van der Waals surface area (Å²) in [6.07, 6.45) is 1.69. The summed E-state index contributed by atoms with van der Waals surface area (Å²) in [4.78, 5) is 14.2. The summed E-state index contributed by atoms with van der Waals surface area (Å²) < 4.78 is 27.9. The third-order valence-electron chi connectivity index (χ3n) is 3.13. The Morgan fingerprint density at radius 3 is 2.14 bits per heavy atom. The normalized spacial score (nSPS) is 12.9. The van der Waals surface area contributed by atoms with Crippen LogP contribution in [-0.2, 0) is 14.8 Å². The van der Waals surface area contributed by atoms with Crippen LogP contribution in [-0.4, -0.2) is 38.4 Å². The van der Waals surface area contributed by atoms with E-state index in [1.807, 2.05) is 13.8 Å². The SMILES string of the molecule is CCCN(CCC)C(=O)C(C)NS(=O)(=O)c1ccc(Br)cc1. The van der Waals surface area contributed by atoms with Gasteiger partial charge in [0.25, 0.3) is 0 Å². The lowest BCUT2D eigenvalue weighted by atomic mass is 10.2. The van der Waals surface area contributed by atoms with Gasteiger partial charge in [0.2, 0.25) is 15.9 Å². The van der Waals surface area contributed by atoms with Crippen molar-refractivity contribution in [2.24, 2.45) is 0 Å². The lowest BCUT2D eigenvalue weighted by molar-refractivity contribution is -0.132. The van der Waals surface area contributed by atoms with Crippen molar-refractivity contribution in [3.05, 3.63) is 28.7 Å². The first kappa shape index (κ1) is 19.1. The number of amides is 1. The smallest absolute Gasteiger partial charge is 0.241 e. The van der Waals surface area contributed by atoms with Crippen molar-refractivity contribution in [1.82, 2.24) is 9.62 Å². The number of sulfonamides is 1. The van der Waals surface area contributed by atoms with Gasteiger partial charge in [-0.05, 0) is 44.0 Å². The Hall–Kier alpha value is -0.920. The van der Waals surface area contributed by atoms with Gasteiger partial charge in [-0.3, -0.25) is 4.79 Å². The third kappa shape index (κ3) is 5.37. The molecular weight excluding hydrogens is 368 g/mol. The molecule has 1 amide bonds. The largest absolute Gasteiger partial charge is 0.341 e. The van der Waals surface area contributed by atoms with Crippen LogP contribution < -0.4 is 4.72 Å². The number of carbonyl (C=O) groups excluding carboxylic acids is 1. The molecule has 0 spiro atoms. The molecule has 1 unspecified atom stereocenters. The van der Waals surface area contributed by atoms with Crippen LogP contribution in [0.5, 0.6) is 0 Å². The zero-order valence-electron chi connectivity index (χ0n) is 13.2. The minimum absolute atomic E-state index is 0.146. The van der Waals surface area contributed by atoms with Crippen molar-refractivity contribution < 1.29 is 13.2 Å². The van der Waals surface area contributed by atoms with E-state index >= 15 is 0 Å². The molecule has 0 saturated carbocycles. The Morgan fingerprint density at radius 2 is 1.68 bits per heavy atom. The Morgan fingerprint density at radius 1 is 1.18 bits per heavy atom. The molecule has 0 aromatic heterocycles. The number of rotatable bonds is 8. The maximum atomic E-state index is 12.4. The first-order valence-corrected chi connectivity index (χ1v) is 9.66. The highest BCUT2D eigenvalue weighted by molar-refractivity contribution is 9.10. The molecule has 0 radical (unpaired) electrons. The van der Waals surface area contributed by atoms with E-state index in [9.17, 15) is 13.2 Å². The van der Waals surface area contributed by atoms with Gasteiger partial charge >= 0.3 is 0 Å². The molecule has 7 heteroatoms. The first-order chi connectivity index (χ1) is 10.3. The number of carbonyl (C=O) groups is 1. The van der Waals surface area contributed by atoms with E-state index in [0.717, 1.165) is 17.3 Å². The number of halogens is 1. The van der Waals surface area contributed by atoms with Gasteiger partial charge in [0.15, 0.2) is 0 Å². The molecule has 1 aromatic rings. The van der Waals surface area contributed by atoms with Crippen molar-refractivity contribution in [2.75, 3.05) is 13.1 Å². The second-order valence-corrected chi connectivity index (χ2v) is 7.75. The minimum Gasteiger partial charge on any atom is -0.341 e. The lowest BCUT2D eigenvalue weighted by Crippen LogP contribution is -2.47. The highest BCUT2D eigenvalue weighted by Gasteiger charge is 2.25. The molecule has 1 N–H and O–H groups in total. The van der Waals surface area contributed by atoms with Gasteiger partial charge in [0.05, 0.1) is 10.9 Å². The molecule has 1 aromatic carbocycles. The molecular formula is C15H23BrN2O3S. The van der Waals surface area contributed by atoms with Gasteiger partial charge in [-0.25, -0.2) is 8.42 Å². The van der Waals surface area contributed by atoms with E-state index < -0.39 is 16.1 Å². The zero-order valence-corrected chi connectivity index (χ0v) is 15.6. The second kappa shape index (κ2) is 8.64. The van der Waals surface area contributed by atoms with E-state index in [2.05, 4.69) is 20.7 Å². The fourth-order valence-electron chi connectivity index (χ4n) is 2.11. The summed E-state index contributed by atoms with van der Waals surface area (Å²) in [5.41, 5.74) is 0. The monoisotopic (exact) mass is 390 g/mol. The zero-order chi connectivity index (χ0) is 16.8. The number of hydrogen-bond acceptors (Lipinski definition) is 3. The van der Waals surface area contributed by atoms with Crippen LogP contribution in [0.3, 0.4) is 0 Å². The van der Waals surface area contributed by atoms with Crippen molar-refractivity contribution in [2.45, 2.75) is 44.6 Å². The molecule has 22 heavy (non-hydrogen) atoms. The van der Waals surface area contributed by atoms with Gasteiger partial charge in [0.1, 0.15) is 0 Å². The number of hydrogen-bond donors (Lipinski definition) is 1. The van der Waals surface area contributed by atoms with E-state index in [-0.39, 0.29) is 10.8 Å². The van der Waals surface area contributed by atoms with Crippen LogP contribution in [0.4, 0.5) is 0 Å². The topological polar surface area (TPSA) is 66.5 Å². The molecule has 0 fully saturated rings. The second-order valence-electron chi connectivity index (χ2n) is 5.12. The van der Waals surface area contributed by atoms with Crippen LogP contribution in [0.15, 0.2) is 33.6 Å². The Balaban J connectivity index is 2.83. The fraction of sp³-hybridized carbons (Fsp3) is 0.533. The fourth-order valence-corrected chi connectivity index (χ4v) is 3.57. The summed E-state index contributed by atoms with van der Waals surface area (Å²) in [7, 11) is -3.70. The quantitative estimate of drug-likeness (QED) is 0.741. The Kier molecular flexibility index (Phi) is 7.52. The highest BCUT2D eigenvalue weighted by Crippen LogP contribution is 2.15. The van der Waals surface area contributed by atoms with Crippen molar-refractivity contribution in [3.63, 3.8) is 0 Å². The van der Waals surface area contributed by atoms with Crippen molar-refractivity contribution >= 4 is 31.9 Å². The molecule has 0 saturated heterocycles. The Labute approximate surface area is 141 Å². The molecule has 0 aliphatic heterocycles. The first-order valence-electron chi connectivity index (χ1n) is 7.38. The van der Waals surface area contributed by atoms with Crippen LogP contribution in [0.1, 0.15) is 33.6 Å². The molecule has 0 bridgehead atoms. The van der Waals surface area contributed by atoms with Crippen LogP contribution >= 0.6 is 15.9 Å². The Bertz CT molecular complexity index is 581. The summed E-state index contributed by atoms with van der Waals surface area (Å²) in [6, 6.07) is 5.52. The van der Waals surface area contributed by atoms with Gasteiger partial charge in [-0.1, -0.05) is 29.8 Å². The maximum Gasteiger partial charge on any atom is 0.241 e. The van der Waals surface area contributed by atoms with E-state index in [4.69, 9.17) is 0 Å². The van der Waals surface area contributed by atoms with Gasteiger partial charge < -0.3 is 4.90 Å². The third-order valence-corrected chi connectivity index (χ3v) is 5.21. The average Bonchev–Trinajstić information content (AvgIpc) is 2.46. The molecule has 124 valence electrons. The van der Waals surface area contributed by atoms with Crippen LogP contribution in [0, 0.1) is 0 Å². The number of nitrogens with one attached hydrogen (secondary N) is 1. The summed E-state index contributed by atoms with van der Waals surface area (Å²) in [6.45, 7) is 6.84. The number of benzene rings is 1. The maximum absolute atomic E-state index is 12.4. The molecule has 0 aliphatic carbocycles. The molecule has 1 atom stereocenters. The molecule has 5 nitrogen and oxygen atoms in total. The summed E-state index contributed by atoms with van der Waals surface area (Å²) in [5.74, 6) is -0.190. The standard InChI is InChI=1S/C15H23BrN2O3S/c1-4-10-18(11-5-2)15(19)12(3)17-22(20,21)14-8-6-13(16)7-9-14/h6-9,12,17H,4-5,10-11H2,1-3H3. The van der Waals surface area contributed by atoms with E-state index in [0.29, 0.717) is 13.1 Å². The lowest BCUT2D eigenvalue weighted by Gasteiger charge is -2.25. The minimum atomic E-state index is -3.70.